The van der Waals surface area contributed by atoms with Crippen molar-refractivity contribution in [2.45, 2.75) is 271 Å². The maximum absolute atomic E-state index is 12.8. The van der Waals surface area contributed by atoms with E-state index in [9.17, 15) is 14.4 Å². The Hall–Kier alpha value is -2.63. The Morgan fingerprint density at radius 3 is 1.13 bits per heavy atom. The molecule has 0 fully saturated rings. The van der Waals surface area contributed by atoms with Gasteiger partial charge in [0.2, 0.25) is 0 Å². The summed E-state index contributed by atoms with van der Waals surface area (Å²) >= 11 is 0. The van der Waals surface area contributed by atoms with E-state index < -0.39 is 12.1 Å². The molecule has 61 heavy (non-hydrogen) atoms. The molecule has 354 valence electrons. The Bertz CT molecular complexity index is 1070. The fourth-order valence-corrected chi connectivity index (χ4v) is 7.44. The number of hydrogen-bond donors (Lipinski definition) is 0. The lowest BCUT2D eigenvalue weighted by Crippen LogP contribution is -2.30. The number of carbonyl (C=O) groups is 3. The molecule has 6 heteroatoms. The standard InChI is InChI=1S/C55H98O6/c1-4-7-10-13-16-19-21-23-25-27-28-30-31-33-36-39-42-45-48-54(57)60-51-52(50-59-53(56)47-44-41-38-35-18-15-12-9-6-3)61-55(58)49-46-43-40-37-34-32-29-26-24-22-20-17-14-11-8-5-2/h9,12,18,26,29,35,41,44,52H,4-8,10-11,13-17,19-25,27-28,30-34,36-40,42-43,45-51H2,1-3H3/b12-9-,29-26-,35-18-,44-41-. The molecule has 0 heterocycles. The van der Waals surface area contributed by atoms with Gasteiger partial charge in [0.25, 0.3) is 0 Å². The van der Waals surface area contributed by atoms with Gasteiger partial charge in [-0.15, -0.1) is 0 Å². The largest absolute Gasteiger partial charge is 0.462 e. The molecule has 0 saturated carbocycles. The van der Waals surface area contributed by atoms with E-state index >= 15 is 0 Å². The van der Waals surface area contributed by atoms with Crippen LogP contribution in [0.5, 0.6) is 0 Å². The number of ether oxygens (including phenoxy) is 3. The molecule has 0 saturated heterocycles. The van der Waals surface area contributed by atoms with E-state index in [4.69, 9.17) is 14.2 Å². The van der Waals surface area contributed by atoms with Gasteiger partial charge in [-0.1, -0.05) is 236 Å². The maximum atomic E-state index is 12.8. The molecule has 0 bridgehead atoms. The van der Waals surface area contributed by atoms with E-state index in [0.29, 0.717) is 12.8 Å². The van der Waals surface area contributed by atoms with Crippen molar-refractivity contribution in [1.82, 2.24) is 0 Å². The van der Waals surface area contributed by atoms with Crippen LogP contribution in [0.25, 0.3) is 0 Å². The van der Waals surface area contributed by atoms with E-state index in [0.717, 1.165) is 70.6 Å². The molecule has 0 aliphatic rings. The Morgan fingerprint density at radius 2 is 0.705 bits per heavy atom. The van der Waals surface area contributed by atoms with Crippen LogP contribution in [0.15, 0.2) is 48.6 Å². The second-order valence-corrected chi connectivity index (χ2v) is 17.4. The zero-order chi connectivity index (χ0) is 44.4. The predicted octanol–water partition coefficient (Wildman–Crippen LogP) is 17.1. The highest BCUT2D eigenvalue weighted by molar-refractivity contribution is 5.72. The van der Waals surface area contributed by atoms with Gasteiger partial charge in [0.15, 0.2) is 6.10 Å². The Balaban J connectivity index is 4.33. The molecule has 6 nitrogen and oxygen atoms in total. The summed E-state index contributed by atoms with van der Waals surface area (Å²) in [6.07, 6.45) is 60.0. The normalized spacial score (nSPS) is 12.4. The minimum atomic E-state index is -0.809. The number of unbranched alkanes of at least 4 members (excludes halogenated alkanes) is 29. The monoisotopic (exact) mass is 855 g/mol. The van der Waals surface area contributed by atoms with Gasteiger partial charge in [-0.25, -0.2) is 0 Å². The first kappa shape index (κ1) is 58.4. The summed E-state index contributed by atoms with van der Waals surface area (Å²) in [5.74, 6) is -1.03. The first-order valence-electron chi connectivity index (χ1n) is 26.1. The summed E-state index contributed by atoms with van der Waals surface area (Å²) in [6.45, 7) is 6.44. The average molecular weight is 855 g/mol. The minimum Gasteiger partial charge on any atom is -0.462 e. The fraction of sp³-hybridized carbons (Fsp3) is 0.800. The van der Waals surface area contributed by atoms with E-state index in [1.54, 1.807) is 6.08 Å². The van der Waals surface area contributed by atoms with Crippen LogP contribution >= 0.6 is 0 Å². The van der Waals surface area contributed by atoms with Gasteiger partial charge in [0.1, 0.15) is 13.2 Å². The maximum Gasteiger partial charge on any atom is 0.309 e. The van der Waals surface area contributed by atoms with Crippen molar-refractivity contribution in [3.63, 3.8) is 0 Å². The van der Waals surface area contributed by atoms with E-state index in [-0.39, 0.29) is 31.6 Å². The van der Waals surface area contributed by atoms with E-state index in [1.165, 1.54) is 154 Å². The SMILES string of the molecule is CC/C=C\C/C=C\C/C=C\CC(=O)OCC(COC(=O)CCCCCCCCCCCCCCCCCCCC)OC(=O)CCCCCCC/C=C\CCCCCCCCC. The third kappa shape index (κ3) is 48.3. The lowest BCUT2D eigenvalue weighted by atomic mass is 10.0. The molecule has 0 spiro atoms. The van der Waals surface area contributed by atoms with Gasteiger partial charge in [0, 0.05) is 12.8 Å². The second kappa shape index (κ2) is 50.0. The van der Waals surface area contributed by atoms with Crippen LogP contribution in [-0.4, -0.2) is 37.2 Å². The summed E-state index contributed by atoms with van der Waals surface area (Å²) in [4.78, 5) is 37.8. The van der Waals surface area contributed by atoms with Gasteiger partial charge >= 0.3 is 17.9 Å². The zero-order valence-electron chi connectivity index (χ0n) is 40.4. The lowest BCUT2D eigenvalue weighted by molar-refractivity contribution is -0.166. The fourth-order valence-electron chi connectivity index (χ4n) is 7.44. The summed E-state index contributed by atoms with van der Waals surface area (Å²) in [7, 11) is 0. The summed E-state index contributed by atoms with van der Waals surface area (Å²) in [5.41, 5.74) is 0. The quantitative estimate of drug-likeness (QED) is 0.0263. The van der Waals surface area contributed by atoms with E-state index in [1.807, 2.05) is 6.08 Å². The summed E-state index contributed by atoms with van der Waals surface area (Å²) in [6, 6.07) is 0. The van der Waals surface area contributed by atoms with Crippen LogP contribution in [0.2, 0.25) is 0 Å². The molecular formula is C55H98O6. The van der Waals surface area contributed by atoms with Gasteiger partial charge < -0.3 is 14.2 Å². The van der Waals surface area contributed by atoms with Crippen molar-refractivity contribution in [2.24, 2.45) is 0 Å². The molecule has 0 amide bonds. The van der Waals surface area contributed by atoms with Crippen molar-refractivity contribution >= 4 is 17.9 Å². The highest BCUT2D eigenvalue weighted by Crippen LogP contribution is 2.16. The van der Waals surface area contributed by atoms with Crippen molar-refractivity contribution in [3.8, 4) is 0 Å². The number of carbonyl (C=O) groups excluding carboxylic acids is 3. The molecule has 1 unspecified atom stereocenters. The summed E-state index contributed by atoms with van der Waals surface area (Å²) in [5, 5.41) is 0. The van der Waals surface area contributed by atoms with Crippen molar-refractivity contribution < 1.29 is 28.6 Å². The van der Waals surface area contributed by atoms with Gasteiger partial charge in [-0.2, -0.15) is 0 Å². The third-order valence-corrected chi connectivity index (χ3v) is 11.4. The zero-order valence-corrected chi connectivity index (χ0v) is 40.4. The first-order valence-corrected chi connectivity index (χ1v) is 26.1. The predicted molar refractivity (Wildman–Crippen MR) is 261 cm³/mol. The highest BCUT2D eigenvalue weighted by Gasteiger charge is 2.19. The van der Waals surface area contributed by atoms with Crippen molar-refractivity contribution in [3.05, 3.63) is 48.6 Å². The second-order valence-electron chi connectivity index (χ2n) is 17.4. The smallest absolute Gasteiger partial charge is 0.309 e. The van der Waals surface area contributed by atoms with Crippen LogP contribution in [0, 0.1) is 0 Å². The number of rotatable bonds is 47. The topological polar surface area (TPSA) is 78.9 Å². The number of hydrogen-bond acceptors (Lipinski definition) is 6. The molecular weight excluding hydrogens is 757 g/mol. The van der Waals surface area contributed by atoms with Gasteiger partial charge in [-0.05, 0) is 57.8 Å². The molecule has 0 rings (SSSR count). The Morgan fingerprint density at radius 1 is 0.361 bits per heavy atom. The first-order chi connectivity index (χ1) is 30.0. The molecule has 0 aliphatic carbocycles. The molecule has 0 radical (unpaired) electrons. The van der Waals surface area contributed by atoms with Crippen LogP contribution in [0.1, 0.15) is 265 Å². The Labute approximate surface area is 378 Å². The van der Waals surface area contributed by atoms with Crippen molar-refractivity contribution in [1.29, 1.82) is 0 Å². The highest BCUT2D eigenvalue weighted by atomic mass is 16.6. The number of allylic oxidation sites excluding steroid dienone is 7. The molecule has 0 aromatic heterocycles. The summed E-state index contributed by atoms with van der Waals surface area (Å²) < 4.78 is 16.7. The molecule has 0 N–H and O–H groups in total. The van der Waals surface area contributed by atoms with Crippen LogP contribution < -0.4 is 0 Å². The van der Waals surface area contributed by atoms with Crippen LogP contribution in [0.4, 0.5) is 0 Å². The number of esters is 3. The van der Waals surface area contributed by atoms with E-state index in [2.05, 4.69) is 57.2 Å². The van der Waals surface area contributed by atoms with Crippen LogP contribution in [-0.2, 0) is 28.6 Å². The molecule has 1 atom stereocenters. The lowest BCUT2D eigenvalue weighted by Gasteiger charge is -2.18. The van der Waals surface area contributed by atoms with Crippen molar-refractivity contribution in [2.75, 3.05) is 13.2 Å². The molecule has 0 aromatic carbocycles. The van der Waals surface area contributed by atoms with Gasteiger partial charge in [0.05, 0.1) is 6.42 Å². The molecule has 0 aliphatic heterocycles. The average Bonchev–Trinajstić information content (AvgIpc) is 3.26. The van der Waals surface area contributed by atoms with Crippen LogP contribution in [0.3, 0.4) is 0 Å². The molecule has 0 aromatic rings. The van der Waals surface area contributed by atoms with Gasteiger partial charge in [-0.3, -0.25) is 14.4 Å². The minimum absolute atomic E-state index is 0.101. The Kier molecular flexibility index (Phi) is 47.9. The third-order valence-electron chi connectivity index (χ3n) is 11.4.